The van der Waals surface area contributed by atoms with Crippen LogP contribution in [0.3, 0.4) is 0 Å². The normalized spacial score (nSPS) is 11.4. The van der Waals surface area contributed by atoms with Crippen LogP contribution >= 0.6 is 11.6 Å². The maximum Gasteiger partial charge on any atom is 0.312 e. The number of phenols is 1. The zero-order valence-corrected chi connectivity index (χ0v) is 8.31. The Hall–Kier alpha value is -1.82. The van der Waals surface area contributed by atoms with Gasteiger partial charge in [-0.3, -0.25) is 10.1 Å². The van der Waals surface area contributed by atoms with Gasteiger partial charge < -0.3 is 10.8 Å². The van der Waals surface area contributed by atoms with Crippen LogP contribution in [-0.2, 0) is 0 Å². The molecular formula is C8H8ClN3O3. The topological polar surface area (TPSA) is 102 Å². The van der Waals surface area contributed by atoms with Gasteiger partial charge in [-0.2, -0.15) is 0 Å². The number of halogens is 1. The first-order chi connectivity index (χ1) is 7.04. The van der Waals surface area contributed by atoms with Crippen molar-refractivity contribution in [3.8, 4) is 5.75 Å². The van der Waals surface area contributed by atoms with Crippen LogP contribution < -0.4 is 5.73 Å². The number of nitrogens with two attached hydrogens (primary N) is 1. The molecule has 0 amide bonds. The molecule has 0 saturated heterocycles. The fraction of sp³-hybridized carbons (Fsp3) is 0.125. The highest BCUT2D eigenvalue weighted by molar-refractivity contribution is 6.28. The lowest BCUT2D eigenvalue weighted by atomic mass is 10.2. The number of alkyl halides is 1. The van der Waals surface area contributed by atoms with Crippen LogP contribution in [0.4, 0.5) is 11.4 Å². The fourth-order valence-electron chi connectivity index (χ4n) is 0.923. The van der Waals surface area contributed by atoms with Crippen LogP contribution in [0.15, 0.2) is 23.2 Å². The average molecular weight is 230 g/mol. The van der Waals surface area contributed by atoms with Gasteiger partial charge in [-0.1, -0.05) is 0 Å². The standard InChI is InChI=1S/C8H8ClN3O3/c9-4-8(10)11-5-1-2-7(13)6(3-5)12(14)15/h1-3,13H,4H2,(H2,10,11). The number of nitro groups is 1. The number of nitrogens with zero attached hydrogens (tertiary/aromatic N) is 2. The minimum Gasteiger partial charge on any atom is -0.502 e. The molecule has 0 spiro atoms. The molecule has 6 nitrogen and oxygen atoms in total. The molecule has 0 saturated carbocycles. The van der Waals surface area contributed by atoms with Gasteiger partial charge in [-0.05, 0) is 12.1 Å². The van der Waals surface area contributed by atoms with Gasteiger partial charge in [-0.25, -0.2) is 4.99 Å². The summed E-state index contributed by atoms with van der Waals surface area (Å²) in [7, 11) is 0. The van der Waals surface area contributed by atoms with Crippen molar-refractivity contribution in [3.63, 3.8) is 0 Å². The number of phenolic OH excluding ortho intramolecular Hbond substituents is 1. The Morgan fingerprint density at radius 2 is 2.33 bits per heavy atom. The van der Waals surface area contributed by atoms with E-state index in [4.69, 9.17) is 22.4 Å². The van der Waals surface area contributed by atoms with Crippen LogP contribution in [0.25, 0.3) is 0 Å². The Balaban J connectivity index is 3.13. The van der Waals surface area contributed by atoms with Gasteiger partial charge in [0.25, 0.3) is 0 Å². The molecule has 0 radical (unpaired) electrons. The Kier molecular flexibility index (Phi) is 3.46. The van der Waals surface area contributed by atoms with Gasteiger partial charge in [0.05, 0.1) is 16.5 Å². The summed E-state index contributed by atoms with van der Waals surface area (Å²) in [5.41, 5.74) is 5.21. The van der Waals surface area contributed by atoms with Gasteiger partial charge in [-0.15, -0.1) is 11.6 Å². The highest BCUT2D eigenvalue weighted by Crippen LogP contribution is 2.29. The highest BCUT2D eigenvalue weighted by Gasteiger charge is 2.13. The summed E-state index contributed by atoms with van der Waals surface area (Å²) < 4.78 is 0. The van der Waals surface area contributed by atoms with Crippen LogP contribution in [0, 0.1) is 10.1 Å². The van der Waals surface area contributed by atoms with E-state index in [0.717, 1.165) is 6.07 Å². The van der Waals surface area contributed by atoms with E-state index in [-0.39, 0.29) is 17.4 Å². The van der Waals surface area contributed by atoms with E-state index in [1.165, 1.54) is 12.1 Å². The van der Waals surface area contributed by atoms with E-state index in [1.807, 2.05) is 0 Å². The lowest BCUT2D eigenvalue weighted by Crippen LogP contribution is -2.12. The van der Waals surface area contributed by atoms with Crippen LogP contribution in [0.1, 0.15) is 0 Å². The summed E-state index contributed by atoms with van der Waals surface area (Å²) in [6.45, 7) is 0. The number of aromatic hydroxyl groups is 1. The first-order valence-electron chi connectivity index (χ1n) is 3.91. The van der Waals surface area contributed by atoms with Crippen molar-refractivity contribution in [2.45, 2.75) is 0 Å². The molecule has 1 aromatic rings. The second-order valence-electron chi connectivity index (χ2n) is 2.67. The lowest BCUT2D eigenvalue weighted by molar-refractivity contribution is -0.385. The van der Waals surface area contributed by atoms with Crippen LogP contribution in [-0.4, -0.2) is 21.7 Å². The summed E-state index contributed by atoms with van der Waals surface area (Å²) in [6, 6.07) is 3.70. The number of amidine groups is 1. The molecule has 0 aliphatic carbocycles. The minimum atomic E-state index is -0.703. The molecule has 0 atom stereocenters. The molecule has 0 unspecified atom stereocenters. The van der Waals surface area contributed by atoms with Crippen LogP contribution in [0.5, 0.6) is 5.75 Å². The second-order valence-corrected chi connectivity index (χ2v) is 2.93. The van der Waals surface area contributed by atoms with Crippen molar-refractivity contribution in [1.29, 1.82) is 0 Å². The maximum atomic E-state index is 10.5. The molecule has 0 aliphatic rings. The molecule has 1 rings (SSSR count). The first-order valence-corrected chi connectivity index (χ1v) is 4.44. The Labute approximate surface area is 90.1 Å². The fourth-order valence-corrected chi connectivity index (χ4v) is 0.983. The van der Waals surface area contributed by atoms with Gasteiger partial charge in [0.1, 0.15) is 5.84 Å². The molecular weight excluding hydrogens is 222 g/mol. The Bertz CT molecular complexity index is 420. The van der Waals surface area contributed by atoms with Crippen LogP contribution in [0.2, 0.25) is 0 Å². The Morgan fingerprint density at radius 1 is 1.67 bits per heavy atom. The number of benzene rings is 1. The van der Waals surface area contributed by atoms with Crippen molar-refractivity contribution in [2.75, 3.05) is 5.88 Å². The van der Waals surface area contributed by atoms with Crippen molar-refractivity contribution < 1.29 is 10.0 Å². The third-order valence-corrected chi connectivity index (χ3v) is 1.84. The zero-order chi connectivity index (χ0) is 11.4. The van der Waals surface area contributed by atoms with E-state index in [9.17, 15) is 10.1 Å². The summed E-state index contributed by atoms with van der Waals surface area (Å²) in [4.78, 5) is 13.6. The molecule has 0 aliphatic heterocycles. The van der Waals surface area contributed by atoms with Gasteiger partial charge >= 0.3 is 5.69 Å². The van der Waals surface area contributed by atoms with E-state index >= 15 is 0 Å². The number of nitro benzene ring substituents is 1. The smallest absolute Gasteiger partial charge is 0.312 e. The van der Waals surface area contributed by atoms with Crippen molar-refractivity contribution in [3.05, 3.63) is 28.3 Å². The van der Waals surface area contributed by atoms with E-state index < -0.39 is 16.4 Å². The van der Waals surface area contributed by atoms with Gasteiger partial charge in [0, 0.05) is 6.07 Å². The molecule has 80 valence electrons. The third-order valence-electron chi connectivity index (χ3n) is 1.57. The number of aliphatic imine (C=N–C) groups is 1. The molecule has 7 heteroatoms. The molecule has 0 heterocycles. The minimum absolute atomic E-state index is 0.0364. The maximum absolute atomic E-state index is 10.5. The van der Waals surface area contributed by atoms with Crippen molar-refractivity contribution >= 4 is 28.8 Å². The average Bonchev–Trinajstić information content (AvgIpc) is 2.20. The second kappa shape index (κ2) is 4.61. The van der Waals surface area contributed by atoms with Crippen molar-refractivity contribution in [1.82, 2.24) is 0 Å². The molecule has 15 heavy (non-hydrogen) atoms. The van der Waals surface area contributed by atoms with E-state index in [2.05, 4.69) is 4.99 Å². The largest absolute Gasteiger partial charge is 0.502 e. The SMILES string of the molecule is NC(CCl)=Nc1ccc(O)c([N+](=O)[O-])c1. The summed E-state index contributed by atoms with van der Waals surface area (Å²) in [5, 5.41) is 19.6. The van der Waals surface area contributed by atoms with Gasteiger partial charge in [0.2, 0.25) is 0 Å². The van der Waals surface area contributed by atoms with E-state index in [1.54, 1.807) is 0 Å². The van der Waals surface area contributed by atoms with Gasteiger partial charge in [0.15, 0.2) is 5.75 Å². The molecule has 1 aromatic carbocycles. The predicted molar refractivity (Wildman–Crippen MR) is 56.8 cm³/mol. The predicted octanol–water partition coefficient (Wildman–Crippen LogP) is 1.53. The summed E-state index contributed by atoms with van der Waals surface area (Å²) in [6.07, 6.45) is 0. The number of rotatable bonds is 3. The number of hydrogen-bond acceptors (Lipinski definition) is 4. The highest BCUT2D eigenvalue weighted by atomic mass is 35.5. The molecule has 3 N–H and O–H groups in total. The van der Waals surface area contributed by atoms with E-state index in [0.29, 0.717) is 0 Å². The summed E-state index contributed by atoms with van der Waals surface area (Å²) in [5.74, 6) is -0.227. The summed E-state index contributed by atoms with van der Waals surface area (Å²) >= 11 is 5.40. The van der Waals surface area contributed by atoms with Crippen molar-refractivity contribution in [2.24, 2.45) is 10.7 Å². The monoisotopic (exact) mass is 229 g/mol. The Morgan fingerprint density at radius 3 is 2.87 bits per heavy atom. The number of hydrogen-bond donors (Lipinski definition) is 2. The molecule has 0 fully saturated rings. The quantitative estimate of drug-likeness (QED) is 0.270. The molecule has 0 aromatic heterocycles. The lowest BCUT2D eigenvalue weighted by Gasteiger charge is -1.98. The molecule has 0 bridgehead atoms. The first kappa shape index (κ1) is 11.3. The third kappa shape index (κ3) is 2.81. The zero-order valence-electron chi connectivity index (χ0n) is 7.55.